The Morgan fingerprint density at radius 1 is 1.58 bits per heavy atom. The summed E-state index contributed by atoms with van der Waals surface area (Å²) in [6.45, 7) is 0. The van der Waals surface area contributed by atoms with Gasteiger partial charge in [-0.1, -0.05) is 0 Å². The molecule has 0 unspecified atom stereocenters. The van der Waals surface area contributed by atoms with Crippen LogP contribution in [-0.4, -0.2) is 0 Å². The third-order valence-electron chi connectivity index (χ3n) is 2.08. The molecule has 0 aliphatic heterocycles. The minimum Gasteiger partial charge on any atom is -0.323 e. The van der Waals surface area contributed by atoms with Gasteiger partial charge in [0.15, 0.2) is 0 Å². The summed E-state index contributed by atoms with van der Waals surface area (Å²) in [6, 6.07) is 2.35. The highest BCUT2D eigenvalue weighted by atomic mass is 79.9. The predicted octanol–water partition coefficient (Wildman–Crippen LogP) is 3.34. The normalized spacial score (nSPS) is 18.5. The summed E-state index contributed by atoms with van der Waals surface area (Å²) in [5.41, 5.74) is 6.03. The Balaban J connectivity index is 0.000000720. The van der Waals surface area contributed by atoms with Crippen molar-refractivity contribution in [2.75, 3.05) is 0 Å². The summed E-state index contributed by atoms with van der Waals surface area (Å²) in [4.78, 5) is 1.31. The maximum Gasteiger partial charge on any atom is 0.0429 e. The molecule has 1 fully saturated rings. The second-order valence-electron chi connectivity index (χ2n) is 3.00. The van der Waals surface area contributed by atoms with E-state index in [4.69, 9.17) is 5.73 Å². The van der Waals surface area contributed by atoms with Gasteiger partial charge in [-0.25, -0.2) is 0 Å². The van der Waals surface area contributed by atoms with E-state index in [0.29, 0.717) is 0 Å². The Morgan fingerprint density at radius 3 is 2.67 bits per heavy atom. The molecule has 0 saturated heterocycles. The quantitative estimate of drug-likeness (QED) is 0.875. The van der Waals surface area contributed by atoms with Gasteiger partial charge >= 0.3 is 0 Å². The predicted molar refractivity (Wildman–Crippen MR) is 58.9 cm³/mol. The van der Waals surface area contributed by atoms with Gasteiger partial charge in [-0.3, -0.25) is 0 Å². The van der Waals surface area contributed by atoms with Crippen LogP contribution in [-0.2, 0) is 0 Å². The molecule has 12 heavy (non-hydrogen) atoms. The summed E-state index contributed by atoms with van der Waals surface area (Å²) >= 11 is 5.25. The lowest BCUT2D eigenvalue weighted by atomic mass is 10.2. The van der Waals surface area contributed by atoms with Crippen molar-refractivity contribution in [3.8, 4) is 0 Å². The van der Waals surface area contributed by atoms with Crippen LogP contribution < -0.4 is 5.73 Å². The molecule has 0 spiro atoms. The van der Waals surface area contributed by atoms with Gasteiger partial charge in [0, 0.05) is 15.4 Å². The molecule has 1 aromatic heterocycles. The topological polar surface area (TPSA) is 26.0 Å². The van der Waals surface area contributed by atoms with Crippen molar-refractivity contribution in [2.45, 2.75) is 18.9 Å². The first-order valence-electron chi connectivity index (χ1n) is 3.77. The fourth-order valence-electron chi connectivity index (χ4n) is 1.21. The van der Waals surface area contributed by atoms with E-state index in [-0.39, 0.29) is 18.4 Å². The minimum atomic E-state index is 0. The zero-order chi connectivity index (χ0) is 7.84. The summed E-state index contributed by atoms with van der Waals surface area (Å²) in [7, 11) is 0. The van der Waals surface area contributed by atoms with Crippen LogP contribution in [0.3, 0.4) is 0 Å². The highest BCUT2D eigenvalue weighted by Crippen LogP contribution is 2.43. The molecular weight excluding hydrogens is 258 g/mol. The third kappa shape index (κ3) is 2.02. The van der Waals surface area contributed by atoms with Crippen molar-refractivity contribution in [2.24, 2.45) is 11.7 Å². The fourth-order valence-corrected chi connectivity index (χ4v) is 2.95. The van der Waals surface area contributed by atoms with Crippen LogP contribution in [0.15, 0.2) is 15.9 Å². The molecule has 0 amide bonds. The fraction of sp³-hybridized carbons (Fsp3) is 0.500. The maximum atomic E-state index is 6.03. The standard InChI is InChI=1S/C8H10BrNS.ClH/c9-6-3-4-11-8(6)7(10)5-1-2-5;/h3-5,7H,1-2,10H2;1H/t7-;/m0./s1. The lowest BCUT2D eigenvalue weighted by molar-refractivity contribution is 0.642. The molecule has 0 bridgehead atoms. The van der Waals surface area contributed by atoms with Crippen molar-refractivity contribution in [3.63, 3.8) is 0 Å². The summed E-state index contributed by atoms with van der Waals surface area (Å²) < 4.78 is 1.18. The molecule has 2 N–H and O–H groups in total. The van der Waals surface area contributed by atoms with Crippen molar-refractivity contribution >= 4 is 39.7 Å². The summed E-state index contributed by atoms with van der Waals surface area (Å²) in [5.74, 6) is 0.755. The second kappa shape index (κ2) is 4.09. The van der Waals surface area contributed by atoms with Crippen LogP contribution in [0.2, 0.25) is 0 Å². The molecule has 1 nitrogen and oxygen atoms in total. The molecular formula is C8H11BrClNS. The zero-order valence-electron chi connectivity index (χ0n) is 6.50. The van der Waals surface area contributed by atoms with E-state index in [2.05, 4.69) is 27.4 Å². The molecule has 1 saturated carbocycles. The largest absolute Gasteiger partial charge is 0.323 e. The van der Waals surface area contributed by atoms with Crippen LogP contribution in [0.25, 0.3) is 0 Å². The van der Waals surface area contributed by atoms with Crippen molar-refractivity contribution in [1.29, 1.82) is 0 Å². The number of hydrogen-bond acceptors (Lipinski definition) is 2. The van der Waals surface area contributed by atoms with E-state index in [0.717, 1.165) is 5.92 Å². The Kier molecular flexibility index (Phi) is 3.58. The average Bonchev–Trinajstić information content (AvgIpc) is 2.74. The Bertz CT molecular complexity index is 259. The Hall–Kier alpha value is 0.430. The van der Waals surface area contributed by atoms with Crippen LogP contribution in [0.5, 0.6) is 0 Å². The minimum absolute atomic E-state index is 0. The molecule has 0 aromatic carbocycles. The highest BCUT2D eigenvalue weighted by molar-refractivity contribution is 9.10. The van der Waals surface area contributed by atoms with Crippen molar-refractivity contribution in [3.05, 3.63) is 20.8 Å². The van der Waals surface area contributed by atoms with E-state index < -0.39 is 0 Å². The number of thiophene rings is 1. The molecule has 0 radical (unpaired) electrons. The first-order chi connectivity index (χ1) is 5.29. The first-order valence-corrected chi connectivity index (χ1v) is 5.45. The number of hydrogen-bond donors (Lipinski definition) is 1. The molecule has 1 heterocycles. The molecule has 1 aliphatic carbocycles. The van der Waals surface area contributed by atoms with Crippen LogP contribution in [0, 0.1) is 5.92 Å². The van der Waals surface area contributed by atoms with Crippen LogP contribution in [0.1, 0.15) is 23.8 Å². The summed E-state index contributed by atoms with van der Waals surface area (Å²) in [6.07, 6.45) is 2.62. The van der Waals surface area contributed by atoms with Gasteiger partial charge in [0.05, 0.1) is 0 Å². The number of rotatable bonds is 2. The molecule has 1 aromatic rings. The molecule has 2 rings (SSSR count). The van der Waals surface area contributed by atoms with Gasteiger partial charge in [0.1, 0.15) is 0 Å². The van der Waals surface area contributed by atoms with Crippen LogP contribution >= 0.6 is 39.7 Å². The summed E-state index contributed by atoms with van der Waals surface area (Å²) in [5, 5.41) is 2.08. The zero-order valence-corrected chi connectivity index (χ0v) is 9.71. The molecule has 4 heteroatoms. The molecule has 68 valence electrons. The van der Waals surface area contributed by atoms with E-state index in [1.54, 1.807) is 11.3 Å². The van der Waals surface area contributed by atoms with E-state index in [1.165, 1.54) is 22.2 Å². The Labute approximate surface area is 90.9 Å². The number of halogens is 2. The van der Waals surface area contributed by atoms with E-state index in [9.17, 15) is 0 Å². The average molecular weight is 269 g/mol. The second-order valence-corrected chi connectivity index (χ2v) is 4.80. The van der Waals surface area contributed by atoms with Gasteiger partial charge in [-0.15, -0.1) is 23.7 Å². The molecule has 1 aliphatic rings. The lowest BCUT2D eigenvalue weighted by Crippen LogP contribution is -2.10. The molecule has 1 atom stereocenters. The van der Waals surface area contributed by atoms with Gasteiger partial charge in [-0.2, -0.15) is 0 Å². The van der Waals surface area contributed by atoms with Crippen molar-refractivity contribution < 1.29 is 0 Å². The first kappa shape index (κ1) is 10.5. The van der Waals surface area contributed by atoms with Gasteiger partial charge < -0.3 is 5.73 Å². The van der Waals surface area contributed by atoms with E-state index >= 15 is 0 Å². The smallest absolute Gasteiger partial charge is 0.0429 e. The van der Waals surface area contributed by atoms with Crippen LogP contribution in [0.4, 0.5) is 0 Å². The SMILES string of the molecule is Cl.N[C@H](c1sccc1Br)C1CC1. The van der Waals surface area contributed by atoms with Gasteiger partial charge in [0.25, 0.3) is 0 Å². The van der Waals surface area contributed by atoms with Gasteiger partial charge in [-0.05, 0) is 46.1 Å². The highest BCUT2D eigenvalue weighted by Gasteiger charge is 2.31. The maximum absolute atomic E-state index is 6.03. The number of nitrogens with two attached hydrogens (primary N) is 1. The Morgan fingerprint density at radius 2 is 2.25 bits per heavy atom. The van der Waals surface area contributed by atoms with Crippen molar-refractivity contribution in [1.82, 2.24) is 0 Å². The lowest BCUT2D eigenvalue weighted by Gasteiger charge is -2.07. The third-order valence-corrected chi connectivity index (χ3v) is 4.05. The van der Waals surface area contributed by atoms with Gasteiger partial charge in [0.2, 0.25) is 0 Å². The van der Waals surface area contributed by atoms with E-state index in [1.807, 2.05) is 0 Å². The monoisotopic (exact) mass is 267 g/mol.